The van der Waals surface area contributed by atoms with Crippen molar-refractivity contribution in [1.82, 2.24) is 5.43 Å². The van der Waals surface area contributed by atoms with Crippen LogP contribution in [-0.4, -0.2) is 12.3 Å². The van der Waals surface area contributed by atoms with Gasteiger partial charge in [0.05, 0.1) is 5.69 Å². The first-order valence-corrected chi connectivity index (χ1v) is 3.59. The van der Waals surface area contributed by atoms with Crippen LogP contribution in [0.5, 0.6) is 0 Å². The highest BCUT2D eigenvalue weighted by Gasteiger charge is 2.13. The van der Waals surface area contributed by atoms with Gasteiger partial charge in [-0.05, 0) is 12.1 Å². The number of anilines is 1. The Morgan fingerprint density at radius 2 is 1.85 bits per heavy atom. The maximum Gasteiger partial charge on any atom is 0.317 e. The van der Waals surface area contributed by atoms with Crippen LogP contribution in [-0.2, 0) is 4.79 Å². The van der Waals surface area contributed by atoms with E-state index in [1.54, 1.807) is 30.3 Å². The molecule has 0 unspecified atom stereocenters. The summed E-state index contributed by atoms with van der Waals surface area (Å²) in [5.41, 5.74) is 4.76. The van der Waals surface area contributed by atoms with Crippen molar-refractivity contribution in [3.63, 3.8) is 0 Å². The molecule has 3 nitrogen and oxygen atoms in total. The molecule has 1 aromatic carbocycles. The van der Waals surface area contributed by atoms with Gasteiger partial charge in [-0.25, -0.2) is 0 Å². The summed E-state index contributed by atoms with van der Waals surface area (Å²) >= 11 is 0. The minimum absolute atomic E-state index is 0.552. The molecule has 0 saturated carbocycles. The summed E-state index contributed by atoms with van der Waals surface area (Å²) in [5, 5.41) is 0. The predicted molar refractivity (Wildman–Crippen MR) is 44.2 cm³/mol. The van der Waals surface area contributed by atoms with E-state index in [2.05, 4.69) is 5.43 Å². The summed E-state index contributed by atoms with van der Waals surface area (Å²) in [4.78, 5) is 10.4. The lowest BCUT2D eigenvalue weighted by molar-refractivity contribution is -0.131. The summed E-state index contributed by atoms with van der Waals surface area (Å²) in [6.45, 7) is 0. The molecule has 1 rings (SSSR count). The number of benzene rings is 1. The topological polar surface area (TPSA) is 41.1 Å². The average Bonchev–Trinajstić information content (AvgIpc) is 2.15. The molecule has 5 heteroatoms. The number of rotatable bonds is 3. The van der Waals surface area contributed by atoms with Gasteiger partial charge in [0, 0.05) is 0 Å². The predicted octanol–water partition coefficient (Wildman–Crippen LogP) is 1.39. The third-order valence-electron chi connectivity index (χ3n) is 1.30. The second kappa shape index (κ2) is 4.39. The van der Waals surface area contributed by atoms with E-state index in [0.29, 0.717) is 5.69 Å². The molecule has 0 bridgehead atoms. The Kier molecular flexibility index (Phi) is 3.19. The van der Waals surface area contributed by atoms with E-state index in [0.717, 1.165) is 0 Å². The van der Waals surface area contributed by atoms with Gasteiger partial charge in [-0.1, -0.05) is 18.2 Å². The minimum atomic E-state index is -3.00. The van der Waals surface area contributed by atoms with E-state index in [-0.39, 0.29) is 0 Å². The van der Waals surface area contributed by atoms with Crippen LogP contribution in [0.4, 0.5) is 14.5 Å². The number of amides is 1. The van der Waals surface area contributed by atoms with Gasteiger partial charge < -0.3 is 0 Å². The smallest absolute Gasteiger partial charge is 0.298 e. The fourth-order valence-corrected chi connectivity index (χ4v) is 0.710. The molecule has 1 amide bonds. The molecule has 0 radical (unpaired) electrons. The Hall–Kier alpha value is -1.65. The minimum Gasteiger partial charge on any atom is -0.298 e. The highest BCUT2D eigenvalue weighted by molar-refractivity contribution is 5.80. The molecule has 0 heterocycles. The Morgan fingerprint density at radius 1 is 1.23 bits per heavy atom. The Labute approximate surface area is 73.7 Å². The molecule has 0 aliphatic carbocycles. The number of carbonyl (C=O) groups is 1. The van der Waals surface area contributed by atoms with Crippen LogP contribution in [0.1, 0.15) is 0 Å². The molecule has 0 aliphatic heterocycles. The molecule has 0 spiro atoms. The largest absolute Gasteiger partial charge is 0.317 e. The molecule has 0 atom stereocenters. The van der Waals surface area contributed by atoms with Crippen LogP contribution in [0.15, 0.2) is 30.3 Å². The van der Waals surface area contributed by atoms with Crippen molar-refractivity contribution in [3.05, 3.63) is 30.3 Å². The second-order valence-corrected chi connectivity index (χ2v) is 2.28. The van der Waals surface area contributed by atoms with E-state index in [9.17, 15) is 13.6 Å². The van der Waals surface area contributed by atoms with Gasteiger partial charge in [-0.3, -0.25) is 15.6 Å². The second-order valence-electron chi connectivity index (χ2n) is 2.28. The highest BCUT2D eigenvalue weighted by Crippen LogP contribution is 2.02. The van der Waals surface area contributed by atoms with E-state index >= 15 is 0 Å². The maximum absolute atomic E-state index is 11.7. The zero-order chi connectivity index (χ0) is 9.68. The zero-order valence-corrected chi connectivity index (χ0v) is 6.63. The van der Waals surface area contributed by atoms with Crippen molar-refractivity contribution < 1.29 is 13.6 Å². The summed E-state index contributed by atoms with van der Waals surface area (Å²) in [6, 6.07) is 8.51. The number of halogens is 2. The van der Waals surface area contributed by atoms with Crippen molar-refractivity contribution in [2.45, 2.75) is 6.43 Å². The SMILES string of the molecule is O=C(NNc1ccccc1)C(F)F. The van der Waals surface area contributed by atoms with Crippen LogP contribution in [0.2, 0.25) is 0 Å². The van der Waals surface area contributed by atoms with Crippen molar-refractivity contribution in [3.8, 4) is 0 Å². The normalized spacial score (nSPS) is 9.77. The lowest BCUT2D eigenvalue weighted by Gasteiger charge is -2.06. The van der Waals surface area contributed by atoms with Gasteiger partial charge in [-0.2, -0.15) is 8.78 Å². The summed E-state index contributed by atoms with van der Waals surface area (Å²) in [6.07, 6.45) is -3.00. The molecule has 70 valence electrons. The number of carbonyl (C=O) groups excluding carboxylic acids is 1. The van der Waals surface area contributed by atoms with Gasteiger partial charge in [-0.15, -0.1) is 0 Å². The molecule has 0 saturated heterocycles. The van der Waals surface area contributed by atoms with Gasteiger partial charge in [0.2, 0.25) is 0 Å². The Bertz CT molecular complexity index is 277. The average molecular weight is 186 g/mol. The van der Waals surface area contributed by atoms with Crippen LogP contribution in [0, 0.1) is 0 Å². The van der Waals surface area contributed by atoms with Crippen molar-refractivity contribution in [2.75, 3.05) is 5.43 Å². The van der Waals surface area contributed by atoms with E-state index in [1.165, 1.54) is 0 Å². The molecule has 1 aromatic rings. The van der Waals surface area contributed by atoms with E-state index in [4.69, 9.17) is 0 Å². The molecule has 0 aliphatic rings. The lowest BCUT2D eigenvalue weighted by atomic mass is 10.3. The fourth-order valence-electron chi connectivity index (χ4n) is 0.710. The first-order valence-electron chi connectivity index (χ1n) is 3.59. The zero-order valence-electron chi connectivity index (χ0n) is 6.63. The number of hydrogen-bond acceptors (Lipinski definition) is 2. The first-order chi connectivity index (χ1) is 6.20. The van der Waals surface area contributed by atoms with Crippen molar-refractivity contribution in [2.24, 2.45) is 0 Å². The summed E-state index contributed by atoms with van der Waals surface area (Å²) < 4.78 is 23.4. The standard InChI is InChI=1S/C8H8F2N2O/c9-7(10)8(13)12-11-6-4-2-1-3-5-6/h1-5,7,11H,(H,12,13). The molecular weight excluding hydrogens is 178 g/mol. The highest BCUT2D eigenvalue weighted by atomic mass is 19.3. The molecule has 2 N–H and O–H groups in total. The molecular formula is C8H8F2N2O. The Morgan fingerprint density at radius 3 is 2.38 bits per heavy atom. The molecule has 0 aromatic heterocycles. The maximum atomic E-state index is 11.7. The van der Waals surface area contributed by atoms with Crippen molar-refractivity contribution in [1.29, 1.82) is 0 Å². The van der Waals surface area contributed by atoms with Crippen LogP contribution < -0.4 is 10.9 Å². The number of hydrogen-bond donors (Lipinski definition) is 2. The quantitative estimate of drug-likeness (QED) is 0.700. The fraction of sp³-hybridized carbons (Fsp3) is 0.125. The van der Waals surface area contributed by atoms with Crippen LogP contribution >= 0.6 is 0 Å². The van der Waals surface area contributed by atoms with Gasteiger partial charge in [0.1, 0.15) is 0 Å². The lowest BCUT2D eigenvalue weighted by Crippen LogP contribution is -2.34. The van der Waals surface area contributed by atoms with Crippen LogP contribution in [0.25, 0.3) is 0 Å². The number of para-hydroxylation sites is 1. The molecule has 13 heavy (non-hydrogen) atoms. The molecule has 0 fully saturated rings. The summed E-state index contributed by atoms with van der Waals surface area (Å²) in [5.74, 6) is -1.34. The monoisotopic (exact) mass is 186 g/mol. The van der Waals surface area contributed by atoms with Gasteiger partial charge in [0.15, 0.2) is 0 Å². The Balaban J connectivity index is 2.40. The number of nitrogens with one attached hydrogen (secondary N) is 2. The van der Waals surface area contributed by atoms with E-state index < -0.39 is 12.3 Å². The third-order valence-corrected chi connectivity index (χ3v) is 1.30. The van der Waals surface area contributed by atoms with Gasteiger partial charge in [0.25, 0.3) is 0 Å². The number of alkyl halides is 2. The van der Waals surface area contributed by atoms with E-state index in [1.807, 2.05) is 5.43 Å². The van der Waals surface area contributed by atoms with Crippen molar-refractivity contribution >= 4 is 11.6 Å². The third kappa shape index (κ3) is 3.06. The summed E-state index contributed by atoms with van der Waals surface area (Å²) in [7, 11) is 0. The van der Waals surface area contributed by atoms with Crippen LogP contribution in [0.3, 0.4) is 0 Å². The number of hydrazine groups is 1. The van der Waals surface area contributed by atoms with Gasteiger partial charge >= 0.3 is 12.3 Å². The first kappa shape index (κ1) is 9.44.